The number of benzene rings is 1. The van der Waals surface area contributed by atoms with E-state index in [-0.39, 0.29) is 5.82 Å². The molecule has 3 aromatic heterocycles. The molecule has 14 heteroatoms. The number of hydrogen-bond donors (Lipinski definition) is 2. The monoisotopic (exact) mass is 720 g/mol. The highest BCUT2D eigenvalue weighted by Gasteiger charge is 2.28. The quantitative estimate of drug-likeness (QED) is 0.219. The molecular formula is C33H42BrN10O2P. The van der Waals surface area contributed by atoms with Crippen LogP contribution in [-0.2, 0) is 11.0 Å². The van der Waals surface area contributed by atoms with Gasteiger partial charge in [-0.1, -0.05) is 6.92 Å². The van der Waals surface area contributed by atoms with E-state index in [1.54, 1.807) is 37.2 Å². The van der Waals surface area contributed by atoms with Crippen LogP contribution in [0.4, 0.5) is 28.8 Å². The van der Waals surface area contributed by atoms with Gasteiger partial charge in [-0.25, -0.2) is 9.97 Å². The first-order valence-corrected chi connectivity index (χ1v) is 19.4. The van der Waals surface area contributed by atoms with Gasteiger partial charge >= 0.3 is 0 Å². The zero-order chi connectivity index (χ0) is 33.3. The predicted molar refractivity (Wildman–Crippen MR) is 192 cm³/mol. The Morgan fingerprint density at radius 2 is 1.79 bits per heavy atom. The average molecular weight is 722 g/mol. The number of hydrogen-bond acceptors (Lipinski definition) is 11. The van der Waals surface area contributed by atoms with E-state index >= 15 is 0 Å². The second-order valence-electron chi connectivity index (χ2n) is 12.6. The molecule has 2 saturated heterocycles. The van der Waals surface area contributed by atoms with Crippen molar-refractivity contribution in [3.05, 3.63) is 52.5 Å². The lowest BCUT2D eigenvalue weighted by Gasteiger charge is -2.43. The Balaban J connectivity index is 1.24. The van der Waals surface area contributed by atoms with Crippen LogP contribution in [0.25, 0.3) is 5.52 Å². The number of nitrogens with zero attached hydrogens (tertiary/aromatic N) is 8. The Kier molecular flexibility index (Phi) is 9.76. The number of pyridine rings is 1. The van der Waals surface area contributed by atoms with Crippen molar-refractivity contribution in [3.8, 4) is 11.8 Å². The van der Waals surface area contributed by atoms with Gasteiger partial charge in [0.05, 0.1) is 34.7 Å². The van der Waals surface area contributed by atoms with Gasteiger partial charge in [0.25, 0.3) is 0 Å². The smallest absolute Gasteiger partial charge is 0.229 e. The minimum Gasteiger partial charge on any atom is -0.494 e. The second-order valence-corrected chi connectivity index (χ2v) is 16.6. The van der Waals surface area contributed by atoms with Gasteiger partial charge in [-0.15, -0.1) is 0 Å². The molecule has 0 radical (unpaired) electrons. The topological polar surface area (TPSA) is 127 Å². The zero-order valence-corrected chi connectivity index (χ0v) is 30.1. The van der Waals surface area contributed by atoms with Crippen molar-refractivity contribution in [2.75, 3.05) is 82.3 Å². The molecule has 0 amide bonds. The second kappa shape index (κ2) is 13.8. The summed E-state index contributed by atoms with van der Waals surface area (Å²) in [4.78, 5) is 21.1. The van der Waals surface area contributed by atoms with Crippen molar-refractivity contribution in [2.45, 2.75) is 32.2 Å². The van der Waals surface area contributed by atoms with Gasteiger partial charge in [-0.3, -0.25) is 9.30 Å². The Bertz CT molecular complexity index is 1850. The minimum absolute atomic E-state index is 0.174. The molecule has 5 heterocycles. The third-order valence-corrected chi connectivity index (χ3v) is 11.2. The number of nitriles is 1. The summed E-state index contributed by atoms with van der Waals surface area (Å²) in [5, 5.41) is 16.4. The molecule has 2 N–H and O–H groups in total. The molecule has 1 aromatic carbocycles. The van der Waals surface area contributed by atoms with Crippen molar-refractivity contribution < 1.29 is 9.30 Å². The molecule has 0 bridgehead atoms. The van der Waals surface area contributed by atoms with E-state index in [0.29, 0.717) is 44.7 Å². The van der Waals surface area contributed by atoms with E-state index in [4.69, 9.17) is 9.72 Å². The number of imidazole rings is 1. The van der Waals surface area contributed by atoms with Gasteiger partial charge in [-0.05, 0) is 79.3 Å². The lowest BCUT2D eigenvalue weighted by atomic mass is 9.99. The average Bonchev–Trinajstić information content (AvgIpc) is 3.49. The molecule has 2 aliphatic heterocycles. The molecule has 2 fully saturated rings. The zero-order valence-electron chi connectivity index (χ0n) is 27.6. The van der Waals surface area contributed by atoms with Crippen LogP contribution in [0.2, 0.25) is 0 Å². The molecule has 248 valence electrons. The van der Waals surface area contributed by atoms with Gasteiger partial charge in [-0.2, -0.15) is 10.2 Å². The third kappa shape index (κ3) is 6.97. The normalized spacial score (nSPS) is 16.7. The number of aromatic nitrogens is 4. The van der Waals surface area contributed by atoms with Gasteiger partial charge in [0.15, 0.2) is 0 Å². The van der Waals surface area contributed by atoms with Crippen molar-refractivity contribution in [2.24, 2.45) is 0 Å². The van der Waals surface area contributed by atoms with Crippen LogP contribution >= 0.6 is 23.1 Å². The summed E-state index contributed by atoms with van der Waals surface area (Å²) in [6.45, 7) is 12.2. The standard InChI is InChI=1S/C33H42BrN10O2P/c1-6-22-17-27(29(46-3)18-28(22)43-11-9-23(10-12-43)42-15-13-41(2)14-16-42)39-33-37-21-25(34)31(40-33)38-26-8-7-24-20-36-30(19-35)44(24)32(26)47(4,5)45/h7-8,17-18,20-21,23H,6,9-16H2,1-5H3,(H2,37,38,39,40). The summed E-state index contributed by atoms with van der Waals surface area (Å²) in [5.74, 6) is 1.74. The summed E-state index contributed by atoms with van der Waals surface area (Å²) >= 11 is 3.56. The highest BCUT2D eigenvalue weighted by Crippen LogP contribution is 2.40. The summed E-state index contributed by atoms with van der Waals surface area (Å²) in [6, 6.07) is 10.7. The number of piperazine rings is 1. The third-order valence-electron chi connectivity index (χ3n) is 9.16. The maximum atomic E-state index is 13.5. The molecule has 2 aliphatic rings. The van der Waals surface area contributed by atoms with Crippen molar-refractivity contribution in [3.63, 3.8) is 0 Å². The lowest BCUT2D eigenvalue weighted by Crippen LogP contribution is -2.52. The number of halogens is 1. The lowest BCUT2D eigenvalue weighted by molar-refractivity contribution is 0.0982. The molecule has 0 saturated carbocycles. The van der Waals surface area contributed by atoms with Crippen LogP contribution in [-0.4, -0.2) is 102 Å². The highest BCUT2D eigenvalue weighted by molar-refractivity contribution is 9.10. The number of anilines is 5. The van der Waals surface area contributed by atoms with Gasteiger partial charge in [0.2, 0.25) is 11.8 Å². The van der Waals surface area contributed by atoms with Gasteiger partial charge < -0.3 is 29.7 Å². The molecule has 4 aromatic rings. The van der Waals surface area contributed by atoms with Gasteiger partial charge in [0.1, 0.15) is 30.2 Å². The molecule has 12 nitrogen and oxygen atoms in total. The maximum absolute atomic E-state index is 13.5. The van der Waals surface area contributed by atoms with Crippen LogP contribution in [0.15, 0.2) is 41.1 Å². The number of ether oxygens (including phenoxy) is 1. The SMILES string of the molecule is CCc1cc(Nc2ncc(Br)c(Nc3ccc4cnc(C#N)n4c3P(C)(C)=O)n2)c(OC)cc1N1CCC(N2CCN(C)CC2)CC1. The summed E-state index contributed by atoms with van der Waals surface area (Å²) < 4.78 is 21.6. The van der Waals surface area contributed by atoms with Crippen LogP contribution in [0.3, 0.4) is 0 Å². The number of nitrogens with one attached hydrogen (secondary N) is 2. The molecule has 6 rings (SSSR count). The van der Waals surface area contributed by atoms with Crippen LogP contribution in [0.1, 0.15) is 31.2 Å². The van der Waals surface area contributed by atoms with Crippen molar-refractivity contribution in [1.29, 1.82) is 5.26 Å². The number of fused-ring (bicyclic) bond motifs is 1. The minimum atomic E-state index is -2.87. The van der Waals surface area contributed by atoms with E-state index in [9.17, 15) is 9.83 Å². The van der Waals surface area contributed by atoms with Gasteiger partial charge in [0, 0.05) is 63.3 Å². The Labute approximate surface area is 284 Å². The maximum Gasteiger partial charge on any atom is 0.229 e. The molecule has 0 atom stereocenters. The molecule has 0 spiro atoms. The fourth-order valence-corrected chi connectivity index (χ4v) is 8.35. The fraction of sp³-hybridized carbons (Fsp3) is 0.455. The summed E-state index contributed by atoms with van der Waals surface area (Å²) in [7, 11) is 1.02. The van der Waals surface area contributed by atoms with Crippen molar-refractivity contribution in [1.82, 2.24) is 29.2 Å². The van der Waals surface area contributed by atoms with Crippen LogP contribution in [0, 0.1) is 11.3 Å². The summed E-state index contributed by atoms with van der Waals surface area (Å²) in [5.41, 5.74) is 4.97. The number of aryl methyl sites for hydroxylation is 1. The van der Waals surface area contributed by atoms with Crippen molar-refractivity contribution >= 4 is 62.9 Å². The van der Waals surface area contributed by atoms with Crippen LogP contribution in [0.5, 0.6) is 5.75 Å². The number of methoxy groups -OCH3 is 1. The highest BCUT2D eigenvalue weighted by atomic mass is 79.9. The molecular weight excluding hydrogens is 679 g/mol. The molecule has 0 aliphatic carbocycles. The molecule has 47 heavy (non-hydrogen) atoms. The number of piperidine rings is 1. The fourth-order valence-electron chi connectivity index (χ4n) is 6.66. The van der Waals surface area contributed by atoms with E-state index in [2.05, 4.69) is 83.4 Å². The van der Waals surface area contributed by atoms with E-state index < -0.39 is 7.14 Å². The Morgan fingerprint density at radius 3 is 2.45 bits per heavy atom. The van der Waals surface area contributed by atoms with E-state index in [0.717, 1.165) is 64.2 Å². The first-order valence-electron chi connectivity index (χ1n) is 16.0. The van der Waals surface area contributed by atoms with Crippen LogP contribution < -0.4 is 25.7 Å². The largest absolute Gasteiger partial charge is 0.494 e. The summed E-state index contributed by atoms with van der Waals surface area (Å²) in [6.07, 6.45) is 6.47. The Morgan fingerprint density at radius 1 is 1.04 bits per heavy atom. The predicted octanol–water partition coefficient (Wildman–Crippen LogP) is 5.28. The van der Waals surface area contributed by atoms with E-state index in [1.807, 2.05) is 12.1 Å². The number of rotatable bonds is 9. The Hall–Kier alpha value is -3.69. The first kappa shape index (κ1) is 33.2. The first-order chi connectivity index (χ1) is 22.6. The number of likely N-dealkylation sites (N-methyl/N-ethyl adjacent to an activating group) is 1. The molecule has 0 unspecified atom stereocenters. The van der Waals surface area contributed by atoms with E-state index in [1.165, 1.54) is 11.3 Å².